The van der Waals surface area contributed by atoms with Crippen LogP contribution in [0.3, 0.4) is 0 Å². The van der Waals surface area contributed by atoms with Crippen molar-refractivity contribution in [2.24, 2.45) is 5.73 Å². The van der Waals surface area contributed by atoms with Crippen LogP contribution in [-0.4, -0.2) is 25.1 Å². The average Bonchev–Trinajstić information content (AvgIpc) is 2.43. The predicted octanol–water partition coefficient (Wildman–Crippen LogP) is 1.80. The highest BCUT2D eigenvalue weighted by Crippen LogP contribution is 2.33. The summed E-state index contributed by atoms with van der Waals surface area (Å²) in [5.41, 5.74) is 7.87. The van der Waals surface area contributed by atoms with Crippen LogP contribution in [0.4, 0.5) is 0 Å². The number of fused-ring (bicyclic) bond motifs is 1. The summed E-state index contributed by atoms with van der Waals surface area (Å²) in [4.78, 5) is 11.4. The Balaban J connectivity index is 2.24. The molecule has 0 bridgehead atoms. The fraction of sp³-hybridized carbons (Fsp3) is 0.562. The minimum Gasteiger partial charge on any atom is -0.497 e. The summed E-state index contributed by atoms with van der Waals surface area (Å²) < 4.78 is 5.30. The molecule has 2 rings (SSSR count). The number of ether oxygens (including phenoxy) is 1. The van der Waals surface area contributed by atoms with Crippen LogP contribution in [0.2, 0.25) is 0 Å². The molecule has 0 aromatic heterocycles. The van der Waals surface area contributed by atoms with Crippen LogP contribution in [0.1, 0.15) is 37.3 Å². The Hall–Kier alpha value is -1.55. The van der Waals surface area contributed by atoms with Gasteiger partial charge in [-0.3, -0.25) is 4.79 Å². The van der Waals surface area contributed by atoms with Crippen molar-refractivity contribution < 1.29 is 9.53 Å². The third-order valence-electron chi connectivity index (χ3n) is 4.08. The number of primary amides is 1. The van der Waals surface area contributed by atoms with Crippen molar-refractivity contribution in [3.63, 3.8) is 0 Å². The van der Waals surface area contributed by atoms with Gasteiger partial charge in [0.25, 0.3) is 0 Å². The first kappa shape index (κ1) is 14.9. The van der Waals surface area contributed by atoms with Gasteiger partial charge in [0.05, 0.1) is 7.11 Å². The molecule has 0 heterocycles. The van der Waals surface area contributed by atoms with Gasteiger partial charge in [-0.2, -0.15) is 0 Å². The monoisotopic (exact) mass is 276 g/mol. The molecule has 1 unspecified atom stereocenters. The first-order chi connectivity index (χ1) is 9.58. The molecule has 0 saturated heterocycles. The van der Waals surface area contributed by atoms with E-state index in [9.17, 15) is 4.79 Å². The molecule has 1 aliphatic carbocycles. The summed E-state index contributed by atoms with van der Waals surface area (Å²) in [5.74, 6) is 0.633. The highest BCUT2D eigenvalue weighted by atomic mass is 16.5. The van der Waals surface area contributed by atoms with Crippen LogP contribution in [0.15, 0.2) is 18.2 Å². The van der Waals surface area contributed by atoms with Gasteiger partial charge in [-0.05, 0) is 55.5 Å². The van der Waals surface area contributed by atoms with Gasteiger partial charge in [0, 0.05) is 12.0 Å². The maximum Gasteiger partial charge on any atom is 0.219 e. The van der Waals surface area contributed by atoms with E-state index in [1.54, 1.807) is 7.11 Å². The van der Waals surface area contributed by atoms with E-state index >= 15 is 0 Å². The van der Waals surface area contributed by atoms with E-state index in [1.807, 2.05) is 6.07 Å². The highest BCUT2D eigenvalue weighted by Gasteiger charge is 2.35. The van der Waals surface area contributed by atoms with Crippen LogP contribution in [0.25, 0.3) is 0 Å². The molecule has 0 aliphatic heterocycles. The molecule has 3 N–H and O–H groups in total. The fourth-order valence-corrected chi connectivity index (χ4v) is 3.05. The number of nitrogens with two attached hydrogens (primary N) is 1. The Morgan fingerprint density at radius 3 is 2.90 bits per heavy atom. The topological polar surface area (TPSA) is 64.3 Å². The van der Waals surface area contributed by atoms with Crippen molar-refractivity contribution in [2.45, 2.75) is 44.6 Å². The van der Waals surface area contributed by atoms with Crippen LogP contribution in [0.5, 0.6) is 5.75 Å². The summed E-state index contributed by atoms with van der Waals surface area (Å²) >= 11 is 0. The molecule has 0 radical (unpaired) electrons. The van der Waals surface area contributed by atoms with E-state index in [2.05, 4.69) is 24.4 Å². The van der Waals surface area contributed by atoms with Crippen molar-refractivity contribution >= 4 is 5.91 Å². The third kappa shape index (κ3) is 3.31. The number of benzene rings is 1. The number of aryl methyl sites for hydroxylation is 1. The molecule has 0 saturated carbocycles. The standard InChI is InChI=1S/C16H24N2O2/c1-3-8-18-16(11-15(17)19)7-6-12-4-5-14(20-2)9-13(12)10-16/h4-5,9,18H,3,6-8,10-11H2,1-2H3,(H2,17,19). The molecule has 4 heteroatoms. The van der Waals surface area contributed by atoms with Crippen LogP contribution >= 0.6 is 0 Å². The summed E-state index contributed by atoms with van der Waals surface area (Å²) in [5, 5.41) is 3.55. The van der Waals surface area contributed by atoms with E-state index in [4.69, 9.17) is 10.5 Å². The van der Waals surface area contributed by atoms with Crippen molar-refractivity contribution in [1.29, 1.82) is 0 Å². The normalized spacial score (nSPS) is 21.3. The summed E-state index contributed by atoms with van der Waals surface area (Å²) in [6.07, 6.45) is 4.20. The Kier molecular flexibility index (Phi) is 4.65. The molecule has 20 heavy (non-hydrogen) atoms. The lowest BCUT2D eigenvalue weighted by Gasteiger charge is -2.38. The van der Waals surface area contributed by atoms with Crippen molar-refractivity contribution in [2.75, 3.05) is 13.7 Å². The minimum absolute atomic E-state index is 0.193. The lowest BCUT2D eigenvalue weighted by atomic mass is 9.75. The average molecular weight is 276 g/mol. The number of hydrogen-bond acceptors (Lipinski definition) is 3. The van der Waals surface area contributed by atoms with Crippen LogP contribution in [0, 0.1) is 0 Å². The van der Waals surface area contributed by atoms with Crippen LogP contribution in [-0.2, 0) is 17.6 Å². The zero-order valence-corrected chi connectivity index (χ0v) is 12.4. The summed E-state index contributed by atoms with van der Waals surface area (Å²) in [6.45, 7) is 3.04. The largest absolute Gasteiger partial charge is 0.497 e. The number of amides is 1. The highest BCUT2D eigenvalue weighted by molar-refractivity contribution is 5.75. The quantitative estimate of drug-likeness (QED) is 0.832. The summed E-state index contributed by atoms with van der Waals surface area (Å²) in [6, 6.07) is 6.21. The van der Waals surface area contributed by atoms with Gasteiger partial charge in [0.2, 0.25) is 5.91 Å². The van der Waals surface area contributed by atoms with Gasteiger partial charge in [0.15, 0.2) is 0 Å². The zero-order valence-electron chi connectivity index (χ0n) is 12.4. The number of hydrogen-bond donors (Lipinski definition) is 2. The van der Waals surface area contributed by atoms with E-state index in [-0.39, 0.29) is 11.4 Å². The molecule has 4 nitrogen and oxygen atoms in total. The fourth-order valence-electron chi connectivity index (χ4n) is 3.05. The zero-order chi connectivity index (χ0) is 14.6. The SMILES string of the molecule is CCCNC1(CC(N)=O)CCc2ccc(OC)cc2C1. The Morgan fingerprint density at radius 2 is 2.25 bits per heavy atom. The second-order valence-corrected chi connectivity index (χ2v) is 5.66. The molecule has 0 spiro atoms. The second-order valence-electron chi connectivity index (χ2n) is 5.66. The number of nitrogens with one attached hydrogen (secondary N) is 1. The van der Waals surface area contributed by atoms with E-state index in [0.29, 0.717) is 6.42 Å². The number of carbonyl (C=O) groups excluding carboxylic acids is 1. The van der Waals surface area contributed by atoms with E-state index in [1.165, 1.54) is 11.1 Å². The molecule has 110 valence electrons. The maximum absolute atomic E-state index is 11.4. The molecular weight excluding hydrogens is 252 g/mol. The predicted molar refractivity (Wildman–Crippen MR) is 79.9 cm³/mol. The van der Waals surface area contributed by atoms with Gasteiger partial charge < -0.3 is 15.8 Å². The molecule has 1 aromatic rings. The molecule has 1 amide bonds. The smallest absolute Gasteiger partial charge is 0.219 e. The third-order valence-corrected chi connectivity index (χ3v) is 4.08. The number of methoxy groups -OCH3 is 1. The number of carbonyl (C=O) groups is 1. The van der Waals surface area contributed by atoms with E-state index in [0.717, 1.165) is 38.0 Å². The van der Waals surface area contributed by atoms with Crippen molar-refractivity contribution in [3.8, 4) is 5.75 Å². The molecule has 1 aromatic carbocycles. The van der Waals surface area contributed by atoms with Gasteiger partial charge in [0.1, 0.15) is 5.75 Å². The minimum atomic E-state index is -0.236. The Bertz CT molecular complexity index is 487. The van der Waals surface area contributed by atoms with Gasteiger partial charge in [-0.1, -0.05) is 13.0 Å². The second kappa shape index (κ2) is 6.27. The van der Waals surface area contributed by atoms with Gasteiger partial charge in [-0.15, -0.1) is 0 Å². The number of rotatable bonds is 6. The maximum atomic E-state index is 11.4. The Morgan fingerprint density at radius 1 is 1.45 bits per heavy atom. The van der Waals surface area contributed by atoms with Gasteiger partial charge >= 0.3 is 0 Å². The van der Waals surface area contributed by atoms with Crippen molar-refractivity contribution in [1.82, 2.24) is 5.32 Å². The summed E-state index contributed by atoms with van der Waals surface area (Å²) in [7, 11) is 1.68. The molecule has 1 atom stereocenters. The first-order valence-corrected chi connectivity index (χ1v) is 7.28. The van der Waals surface area contributed by atoms with Crippen molar-refractivity contribution in [3.05, 3.63) is 29.3 Å². The Labute approximate surface area is 120 Å². The van der Waals surface area contributed by atoms with Gasteiger partial charge in [-0.25, -0.2) is 0 Å². The van der Waals surface area contributed by atoms with Crippen LogP contribution < -0.4 is 15.8 Å². The van der Waals surface area contributed by atoms with E-state index < -0.39 is 0 Å². The molecule has 0 fully saturated rings. The molecular formula is C16H24N2O2. The first-order valence-electron chi connectivity index (χ1n) is 7.28. The molecule has 1 aliphatic rings. The lowest BCUT2D eigenvalue weighted by Crippen LogP contribution is -2.52. The lowest BCUT2D eigenvalue weighted by molar-refractivity contribution is -0.119.